The molecule has 0 saturated heterocycles. The highest BCUT2D eigenvalue weighted by atomic mass is 127. The predicted molar refractivity (Wildman–Crippen MR) is 116 cm³/mol. The van der Waals surface area contributed by atoms with Crippen molar-refractivity contribution in [2.24, 2.45) is 4.99 Å². The summed E-state index contributed by atoms with van der Waals surface area (Å²) in [5.41, 5.74) is 1.96. The molecule has 0 fully saturated rings. The minimum Gasteiger partial charge on any atom is -0.356 e. The number of nitrogens with one attached hydrogen (secondary N) is 2. The highest BCUT2D eigenvalue weighted by Crippen LogP contribution is 2.11. The predicted octanol–water partition coefficient (Wildman–Crippen LogP) is 2.80. The molecular weight excluding hydrogens is 461 g/mol. The Kier molecular flexibility index (Phi) is 8.23. The van der Waals surface area contributed by atoms with Crippen molar-refractivity contribution in [1.82, 2.24) is 30.2 Å². The van der Waals surface area contributed by atoms with Crippen LogP contribution < -0.4 is 10.6 Å². The first kappa shape index (κ1) is 20.6. The van der Waals surface area contributed by atoms with Gasteiger partial charge in [-0.15, -0.1) is 45.5 Å². The second kappa shape index (κ2) is 10.4. The third-order valence-corrected chi connectivity index (χ3v) is 4.82. The molecule has 0 radical (unpaired) electrons. The SMILES string of the molecule is CN=C(NCCCCc1nc(C)cs1)NCc1nnc2ccccn12.I. The first-order valence-electron chi connectivity index (χ1n) is 8.40. The Morgan fingerprint density at radius 2 is 2.12 bits per heavy atom. The van der Waals surface area contributed by atoms with Crippen LogP contribution in [0, 0.1) is 6.92 Å². The van der Waals surface area contributed by atoms with Crippen molar-refractivity contribution >= 4 is 46.9 Å². The highest BCUT2D eigenvalue weighted by Gasteiger charge is 2.05. The molecule has 26 heavy (non-hydrogen) atoms. The molecule has 3 aromatic rings. The summed E-state index contributed by atoms with van der Waals surface area (Å²) in [5, 5.41) is 18.3. The molecule has 3 heterocycles. The summed E-state index contributed by atoms with van der Waals surface area (Å²) in [4.78, 5) is 8.74. The zero-order chi connectivity index (χ0) is 17.5. The zero-order valence-electron chi connectivity index (χ0n) is 15.0. The van der Waals surface area contributed by atoms with Gasteiger partial charge in [0.15, 0.2) is 17.4 Å². The van der Waals surface area contributed by atoms with Gasteiger partial charge in [-0.1, -0.05) is 6.07 Å². The van der Waals surface area contributed by atoms with Crippen LogP contribution in [0.3, 0.4) is 0 Å². The van der Waals surface area contributed by atoms with Crippen LogP contribution >= 0.6 is 35.3 Å². The number of pyridine rings is 1. The Bertz CT molecular complexity index is 842. The maximum absolute atomic E-state index is 4.49. The second-order valence-electron chi connectivity index (χ2n) is 5.74. The number of aliphatic imine (C=N–C) groups is 1. The standard InChI is InChI=1S/C17H23N7S.HI/c1-13-12-25-16(21-13)8-3-5-9-19-17(18-2)20-11-15-23-22-14-7-4-6-10-24(14)15;/h4,6-7,10,12H,3,5,8-9,11H2,1-2H3,(H2,18,19,20);1H. The molecule has 2 N–H and O–H groups in total. The van der Waals surface area contributed by atoms with Crippen molar-refractivity contribution in [3.05, 3.63) is 46.3 Å². The van der Waals surface area contributed by atoms with Crippen LogP contribution in [-0.4, -0.2) is 39.1 Å². The van der Waals surface area contributed by atoms with Crippen LogP contribution in [0.5, 0.6) is 0 Å². The maximum Gasteiger partial charge on any atom is 0.191 e. The summed E-state index contributed by atoms with van der Waals surface area (Å²) < 4.78 is 1.97. The van der Waals surface area contributed by atoms with Gasteiger partial charge in [0.2, 0.25) is 0 Å². The van der Waals surface area contributed by atoms with E-state index in [1.165, 1.54) is 5.01 Å². The van der Waals surface area contributed by atoms with Crippen molar-refractivity contribution < 1.29 is 0 Å². The van der Waals surface area contributed by atoms with E-state index in [1.54, 1.807) is 18.4 Å². The van der Waals surface area contributed by atoms with Gasteiger partial charge in [0.05, 0.1) is 11.6 Å². The second-order valence-corrected chi connectivity index (χ2v) is 6.68. The van der Waals surface area contributed by atoms with Crippen LogP contribution in [0.15, 0.2) is 34.8 Å². The number of hydrogen-bond acceptors (Lipinski definition) is 5. The lowest BCUT2D eigenvalue weighted by Gasteiger charge is -2.11. The average Bonchev–Trinajstić information content (AvgIpc) is 3.23. The minimum absolute atomic E-state index is 0. The van der Waals surface area contributed by atoms with Crippen molar-refractivity contribution in [3.8, 4) is 0 Å². The van der Waals surface area contributed by atoms with Gasteiger partial charge in [-0.3, -0.25) is 9.39 Å². The molecule has 3 rings (SSSR count). The molecule has 0 aliphatic rings. The van der Waals surface area contributed by atoms with E-state index in [1.807, 2.05) is 35.7 Å². The van der Waals surface area contributed by atoms with Crippen LogP contribution in [0.1, 0.15) is 29.4 Å². The normalized spacial score (nSPS) is 11.4. The van der Waals surface area contributed by atoms with E-state index < -0.39 is 0 Å². The smallest absolute Gasteiger partial charge is 0.191 e. The molecule has 9 heteroatoms. The molecule has 0 saturated carbocycles. The maximum atomic E-state index is 4.49. The van der Waals surface area contributed by atoms with E-state index >= 15 is 0 Å². The lowest BCUT2D eigenvalue weighted by atomic mass is 10.2. The monoisotopic (exact) mass is 485 g/mol. The molecule has 0 atom stereocenters. The van der Waals surface area contributed by atoms with Gasteiger partial charge in [-0.25, -0.2) is 4.98 Å². The number of halogens is 1. The zero-order valence-corrected chi connectivity index (χ0v) is 18.1. The fraction of sp³-hybridized carbons (Fsp3) is 0.412. The van der Waals surface area contributed by atoms with E-state index in [0.29, 0.717) is 6.54 Å². The molecule has 0 aliphatic heterocycles. The average molecular weight is 485 g/mol. The molecule has 3 aromatic heterocycles. The first-order valence-corrected chi connectivity index (χ1v) is 9.28. The summed E-state index contributed by atoms with van der Waals surface area (Å²) in [7, 11) is 1.77. The Morgan fingerprint density at radius 1 is 1.23 bits per heavy atom. The molecule has 7 nitrogen and oxygen atoms in total. The van der Waals surface area contributed by atoms with Crippen LogP contribution in [-0.2, 0) is 13.0 Å². The van der Waals surface area contributed by atoms with Crippen molar-refractivity contribution in [3.63, 3.8) is 0 Å². The Balaban J connectivity index is 0.00000243. The number of hydrogen-bond donors (Lipinski definition) is 2. The minimum atomic E-state index is 0. The van der Waals surface area contributed by atoms with Gasteiger partial charge < -0.3 is 10.6 Å². The molecule has 0 spiro atoms. The molecule has 0 amide bonds. The highest BCUT2D eigenvalue weighted by molar-refractivity contribution is 14.0. The third kappa shape index (κ3) is 5.63. The van der Waals surface area contributed by atoms with E-state index in [2.05, 4.69) is 36.2 Å². The van der Waals surface area contributed by atoms with Gasteiger partial charge >= 0.3 is 0 Å². The van der Waals surface area contributed by atoms with Gasteiger partial charge in [0, 0.05) is 30.9 Å². The third-order valence-electron chi connectivity index (χ3n) is 3.80. The van der Waals surface area contributed by atoms with Crippen molar-refractivity contribution in [2.75, 3.05) is 13.6 Å². The number of aryl methyl sites for hydroxylation is 2. The lowest BCUT2D eigenvalue weighted by molar-refractivity contribution is 0.687. The molecule has 140 valence electrons. The Morgan fingerprint density at radius 3 is 2.88 bits per heavy atom. The number of unbranched alkanes of at least 4 members (excludes halogenated alkanes) is 1. The summed E-state index contributed by atoms with van der Waals surface area (Å²) in [6.45, 7) is 3.49. The topological polar surface area (TPSA) is 79.5 Å². The van der Waals surface area contributed by atoms with Crippen molar-refractivity contribution in [1.29, 1.82) is 0 Å². The molecule has 0 aliphatic carbocycles. The van der Waals surface area contributed by atoms with E-state index in [9.17, 15) is 0 Å². The number of aromatic nitrogens is 4. The number of fused-ring (bicyclic) bond motifs is 1. The lowest BCUT2D eigenvalue weighted by Crippen LogP contribution is -2.37. The molecule has 0 aromatic carbocycles. The Labute approximate surface area is 174 Å². The van der Waals surface area contributed by atoms with Gasteiger partial charge in [-0.2, -0.15) is 0 Å². The van der Waals surface area contributed by atoms with Crippen LogP contribution in [0.25, 0.3) is 5.65 Å². The Hall–Kier alpha value is -1.75. The number of guanidine groups is 1. The first-order chi connectivity index (χ1) is 12.3. The quantitative estimate of drug-likeness (QED) is 0.233. The number of nitrogens with zero attached hydrogens (tertiary/aromatic N) is 5. The van der Waals surface area contributed by atoms with Crippen molar-refractivity contribution in [2.45, 2.75) is 32.7 Å². The largest absolute Gasteiger partial charge is 0.356 e. The molecule has 0 bridgehead atoms. The summed E-state index contributed by atoms with van der Waals surface area (Å²) in [6.07, 6.45) is 5.19. The number of thiazole rings is 1. The van der Waals surface area contributed by atoms with Gasteiger partial charge in [-0.05, 0) is 38.3 Å². The van der Waals surface area contributed by atoms with E-state index in [4.69, 9.17) is 0 Å². The fourth-order valence-corrected chi connectivity index (χ4v) is 3.34. The summed E-state index contributed by atoms with van der Waals surface area (Å²) in [6, 6.07) is 5.86. The van der Waals surface area contributed by atoms with E-state index in [0.717, 1.165) is 48.9 Å². The van der Waals surface area contributed by atoms with Gasteiger partial charge in [0.25, 0.3) is 0 Å². The molecule has 0 unspecified atom stereocenters. The van der Waals surface area contributed by atoms with Crippen LogP contribution in [0.2, 0.25) is 0 Å². The summed E-state index contributed by atoms with van der Waals surface area (Å²) in [5.74, 6) is 1.63. The van der Waals surface area contributed by atoms with Crippen LogP contribution in [0.4, 0.5) is 0 Å². The fourth-order valence-electron chi connectivity index (χ4n) is 2.52. The number of rotatable bonds is 7. The van der Waals surface area contributed by atoms with E-state index in [-0.39, 0.29) is 24.0 Å². The summed E-state index contributed by atoms with van der Waals surface area (Å²) >= 11 is 1.74. The van der Waals surface area contributed by atoms with Gasteiger partial charge in [0.1, 0.15) is 0 Å². The molecular formula is C17H24IN7S.